The summed E-state index contributed by atoms with van der Waals surface area (Å²) in [6, 6.07) is 14.5. The van der Waals surface area contributed by atoms with E-state index in [1.807, 2.05) is 31.3 Å². The third-order valence-electron chi connectivity index (χ3n) is 4.79. The molecule has 0 bridgehead atoms. The maximum atomic E-state index is 14.0. The lowest BCUT2D eigenvalue weighted by Gasteiger charge is -2.24. The highest BCUT2D eigenvalue weighted by molar-refractivity contribution is 7.71. The van der Waals surface area contributed by atoms with Gasteiger partial charge in [0.1, 0.15) is 18.5 Å². The Balaban J connectivity index is 1.50. The lowest BCUT2D eigenvalue weighted by molar-refractivity contribution is 0.192. The fourth-order valence-electron chi connectivity index (χ4n) is 2.97. The van der Waals surface area contributed by atoms with Crippen molar-refractivity contribution < 1.29 is 8.81 Å². The van der Waals surface area contributed by atoms with Gasteiger partial charge in [-0.25, -0.2) is 18.7 Å². The summed E-state index contributed by atoms with van der Waals surface area (Å²) in [5, 5.41) is 8.48. The van der Waals surface area contributed by atoms with Crippen LogP contribution in [0.1, 0.15) is 18.5 Å². The molecule has 0 saturated carbocycles. The molecule has 7 nitrogen and oxygen atoms in total. The van der Waals surface area contributed by atoms with Crippen LogP contribution in [0.5, 0.6) is 0 Å². The minimum absolute atomic E-state index is 0.0929. The van der Waals surface area contributed by atoms with Crippen LogP contribution in [0.15, 0.2) is 65.6 Å². The molecule has 0 unspecified atom stereocenters. The van der Waals surface area contributed by atoms with Gasteiger partial charge in [0, 0.05) is 6.04 Å². The van der Waals surface area contributed by atoms with Crippen molar-refractivity contribution in [3.8, 4) is 17.1 Å². The lowest BCUT2D eigenvalue weighted by Crippen LogP contribution is -2.26. The highest BCUT2D eigenvalue weighted by atomic mass is 32.1. The molecular weight excluding hydrogens is 391 g/mol. The Morgan fingerprint density at radius 2 is 1.93 bits per heavy atom. The van der Waals surface area contributed by atoms with Gasteiger partial charge in [0.15, 0.2) is 0 Å². The summed E-state index contributed by atoms with van der Waals surface area (Å²) in [6.45, 7) is 2.49. The van der Waals surface area contributed by atoms with Crippen LogP contribution in [-0.4, -0.2) is 36.5 Å². The van der Waals surface area contributed by atoms with E-state index in [0.717, 1.165) is 11.3 Å². The molecule has 1 atom stereocenters. The monoisotopic (exact) mass is 410 g/mol. The Hall–Kier alpha value is -3.17. The van der Waals surface area contributed by atoms with Gasteiger partial charge in [-0.2, -0.15) is 5.10 Å². The number of nitrogens with zero attached hydrogens (tertiary/aromatic N) is 6. The largest absolute Gasteiger partial charge is 0.409 e. The summed E-state index contributed by atoms with van der Waals surface area (Å²) >= 11 is 5.27. The Morgan fingerprint density at radius 3 is 2.62 bits per heavy atom. The van der Waals surface area contributed by atoms with E-state index in [0.29, 0.717) is 6.67 Å². The maximum Gasteiger partial charge on any atom is 0.288 e. The summed E-state index contributed by atoms with van der Waals surface area (Å²) in [5.74, 6) is -0.226. The summed E-state index contributed by atoms with van der Waals surface area (Å²) < 4.78 is 22.8. The minimum Gasteiger partial charge on any atom is -0.409 e. The molecular formula is C20H19FN6OS. The van der Waals surface area contributed by atoms with E-state index in [2.05, 4.69) is 27.0 Å². The second-order valence-electron chi connectivity index (χ2n) is 6.66. The Bertz CT molecular complexity index is 1150. The Labute approximate surface area is 172 Å². The Kier molecular flexibility index (Phi) is 5.32. The van der Waals surface area contributed by atoms with Crippen LogP contribution < -0.4 is 0 Å². The summed E-state index contributed by atoms with van der Waals surface area (Å²) in [6.07, 6.45) is 3.16. The van der Waals surface area contributed by atoms with Gasteiger partial charge in [0.05, 0.1) is 17.9 Å². The van der Waals surface area contributed by atoms with Gasteiger partial charge in [-0.1, -0.05) is 24.3 Å². The van der Waals surface area contributed by atoms with Crippen LogP contribution in [0.3, 0.4) is 0 Å². The number of hydrogen-bond acceptors (Lipinski definition) is 6. The van der Waals surface area contributed by atoms with E-state index in [9.17, 15) is 4.39 Å². The third-order valence-corrected chi connectivity index (χ3v) is 5.08. The topological polar surface area (TPSA) is 64.9 Å². The van der Waals surface area contributed by atoms with Gasteiger partial charge in [-0.05, 0) is 56.0 Å². The number of rotatable bonds is 6. The molecule has 2 aromatic heterocycles. The molecule has 4 aromatic rings. The first-order valence-corrected chi connectivity index (χ1v) is 9.42. The van der Waals surface area contributed by atoms with Crippen LogP contribution in [0.2, 0.25) is 0 Å². The van der Waals surface area contributed by atoms with Crippen molar-refractivity contribution in [1.82, 2.24) is 29.4 Å². The van der Waals surface area contributed by atoms with E-state index in [-0.39, 0.29) is 22.3 Å². The summed E-state index contributed by atoms with van der Waals surface area (Å²) in [5.41, 5.74) is 2.35. The molecule has 0 aliphatic carbocycles. The number of aromatic nitrogens is 5. The van der Waals surface area contributed by atoms with Crippen molar-refractivity contribution in [2.24, 2.45) is 0 Å². The third kappa shape index (κ3) is 4.01. The quantitative estimate of drug-likeness (QED) is 0.443. The highest BCUT2D eigenvalue weighted by Crippen LogP contribution is 2.23. The Morgan fingerprint density at radius 1 is 1.17 bits per heavy atom. The van der Waals surface area contributed by atoms with Gasteiger partial charge in [0.2, 0.25) is 5.89 Å². The number of halogens is 1. The van der Waals surface area contributed by atoms with Crippen molar-refractivity contribution >= 4 is 12.2 Å². The predicted molar refractivity (Wildman–Crippen MR) is 108 cm³/mol. The molecule has 0 aliphatic heterocycles. The van der Waals surface area contributed by atoms with Crippen LogP contribution in [0.25, 0.3) is 17.1 Å². The van der Waals surface area contributed by atoms with Crippen molar-refractivity contribution in [1.29, 1.82) is 0 Å². The van der Waals surface area contributed by atoms with Crippen LogP contribution in [-0.2, 0) is 6.67 Å². The fourth-order valence-corrected chi connectivity index (χ4v) is 3.15. The predicted octanol–water partition coefficient (Wildman–Crippen LogP) is 4.24. The summed E-state index contributed by atoms with van der Waals surface area (Å²) in [7, 11) is 1.97. The zero-order valence-corrected chi connectivity index (χ0v) is 16.8. The molecule has 0 spiro atoms. The molecule has 148 valence electrons. The van der Waals surface area contributed by atoms with Crippen LogP contribution in [0, 0.1) is 10.7 Å². The van der Waals surface area contributed by atoms with Gasteiger partial charge in [-0.3, -0.25) is 4.90 Å². The standard InChI is InChI=1S/C20H19FN6OS/c1-14(15-7-9-16(10-8-15)26-12-22-11-23-26)25(2)13-27-20(29)28-19(24-27)17-5-3-4-6-18(17)21/h3-12,14H,13H2,1-2H3/t14-/m0/s1. The van der Waals surface area contributed by atoms with E-state index in [1.54, 1.807) is 33.9 Å². The second kappa shape index (κ2) is 8.06. The zero-order chi connectivity index (χ0) is 20.4. The molecule has 2 aromatic carbocycles. The molecule has 0 fully saturated rings. The van der Waals surface area contributed by atoms with Crippen molar-refractivity contribution in [2.45, 2.75) is 19.6 Å². The maximum absolute atomic E-state index is 14.0. The van der Waals surface area contributed by atoms with Gasteiger partial charge >= 0.3 is 0 Å². The molecule has 9 heteroatoms. The first-order chi connectivity index (χ1) is 14.0. The first kappa shape index (κ1) is 19.2. The average Bonchev–Trinajstić information content (AvgIpc) is 3.38. The molecule has 0 aliphatic rings. The second-order valence-corrected chi connectivity index (χ2v) is 7.01. The zero-order valence-electron chi connectivity index (χ0n) is 15.9. The molecule has 0 radical (unpaired) electrons. The SMILES string of the molecule is C[C@@H](c1ccc(-n2cncn2)cc1)N(C)Cn1nc(-c2ccccc2F)oc1=S. The van der Waals surface area contributed by atoms with Gasteiger partial charge in [0.25, 0.3) is 4.84 Å². The molecule has 0 amide bonds. The smallest absolute Gasteiger partial charge is 0.288 e. The van der Waals surface area contributed by atoms with Crippen molar-refractivity contribution in [3.05, 3.63) is 77.4 Å². The van der Waals surface area contributed by atoms with Crippen LogP contribution in [0.4, 0.5) is 4.39 Å². The molecule has 4 rings (SSSR count). The van der Waals surface area contributed by atoms with Crippen molar-refractivity contribution in [3.63, 3.8) is 0 Å². The van der Waals surface area contributed by atoms with E-state index in [4.69, 9.17) is 16.6 Å². The van der Waals surface area contributed by atoms with E-state index in [1.165, 1.54) is 12.4 Å². The molecule has 0 saturated heterocycles. The fraction of sp³-hybridized carbons (Fsp3) is 0.200. The molecule has 0 N–H and O–H groups in total. The average molecular weight is 410 g/mol. The molecule has 2 heterocycles. The van der Waals surface area contributed by atoms with Gasteiger partial charge in [-0.15, -0.1) is 5.10 Å². The minimum atomic E-state index is -0.398. The lowest BCUT2D eigenvalue weighted by atomic mass is 10.1. The highest BCUT2D eigenvalue weighted by Gasteiger charge is 2.16. The van der Waals surface area contributed by atoms with E-state index >= 15 is 0 Å². The van der Waals surface area contributed by atoms with Gasteiger partial charge < -0.3 is 4.42 Å². The van der Waals surface area contributed by atoms with Crippen LogP contribution >= 0.6 is 12.2 Å². The normalized spacial score (nSPS) is 12.4. The first-order valence-electron chi connectivity index (χ1n) is 9.01. The number of hydrogen-bond donors (Lipinski definition) is 0. The van der Waals surface area contributed by atoms with Crippen molar-refractivity contribution in [2.75, 3.05) is 7.05 Å². The number of benzene rings is 2. The van der Waals surface area contributed by atoms with E-state index < -0.39 is 5.82 Å². The molecule has 29 heavy (non-hydrogen) atoms. The summed E-state index contributed by atoms with van der Waals surface area (Å²) in [4.78, 5) is 6.24.